The molecule has 82 valence electrons. The van der Waals surface area contributed by atoms with Crippen LogP contribution in [-0.2, 0) is 5.54 Å². The van der Waals surface area contributed by atoms with E-state index in [1.54, 1.807) is 0 Å². The third-order valence-corrected chi connectivity index (χ3v) is 4.36. The van der Waals surface area contributed by atoms with Gasteiger partial charge in [-0.3, -0.25) is 0 Å². The Morgan fingerprint density at radius 3 is 2.53 bits per heavy atom. The average molecular weight is 221 g/mol. The minimum atomic E-state index is -0.0435. The maximum atomic E-state index is 6.44. The molecule has 0 heterocycles. The third-order valence-electron chi connectivity index (χ3n) is 3.48. The fourth-order valence-electron chi connectivity index (χ4n) is 2.42. The van der Waals surface area contributed by atoms with Crippen LogP contribution in [0.15, 0.2) is 23.1 Å². The van der Waals surface area contributed by atoms with Gasteiger partial charge in [0, 0.05) is 10.4 Å². The van der Waals surface area contributed by atoms with Crippen LogP contribution in [0.2, 0.25) is 0 Å². The highest BCUT2D eigenvalue weighted by molar-refractivity contribution is 7.98. The molecule has 0 aromatic heterocycles. The van der Waals surface area contributed by atoms with Crippen LogP contribution in [-0.4, -0.2) is 6.26 Å². The van der Waals surface area contributed by atoms with Crippen molar-refractivity contribution in [1.29, 1.82) is 0 Å². The molecule has 0 bridgehead atoms. The smallest absolute Gasteiger partial charge is 0.0410 e. The molecule has 1 nitrogen and oxygen atoms in total. The molecule has 1 aromatic carbocycles. The molecule has 0 spiro atoms. The molecule has 0 unspecified atom stereocenters. The minimum absolute atomic E-state index is 0.0435. The highest BCUT2D eigenvalue weighted by atomic mass is 32.2. The second kappa shape index (κ2) is 4.18. The van der Waals surface area contributed by atoms with Crippen LogP contribution in [0, 0.1) is 6.92 Å². The lowest BCUT2D eigenvalue weighted by molar-refractivity contribution is 0.460. The van der Waals surface area contributed by atoms with E-state index >= 15 is 0 Å². The molecule has 1 fully saturated rings. The number of nitrogens with two attached hydrogens (primary N) is 1. The number of aryl methyl sites for hydroxylation is 1. The standard InChI is InChI=1S/C13H19NS/c1-10-5-6-11(9-12(10)15-2)13(14)7-3-4-8-13/h5-6,9H,3-4,7-8,14H2,1-2H3. The Morgan fingerprint density at radius 2 is 1.93 bits per heavy atom. The second-order valence-corrected chi connectivity index (χ2v) is 5.40. The maximum absolute atomic E-state index is 6.44. The van der Waals surface area contributed by atoms with Crippen LogP contribution >= 0.6 is 11.8 Å². The molecule has 2 rings (SSSR count). The molecular formula is C13H19NS. The van der Waals surface area contributed by atoms with Gasteiger partial charge < -0.3 is 5.73 Å². The topological polar surface area (TPSA) is 26.0 Å². The lowest BCUT2D eigenvalue weighted by Crippen LogP contribution is -2.33. The van der Waals surface area contributed by atoms with Crippen LogP contribution in [0.3, 0.4) is 0 Å². The molecule has 0 radical (unpaired) electrons. The fraction of sp³-hybridized carbons (Fsp3) is 0.538. The quantitative estimate of drug-likeness (QED) is 0.774. The number of hydrogen-bond acceptors (Lipinski definition) is 2. The van der Waals surface area contributed by atoms with Gasteiger partial charge in [0.25, 0.3) is 0 Å². The number of thioether (sulfide) groups is 1. The molecule has 1 aliphatic rings. The molecule has 2 heteroatoms. The first-order chi connectivity index (χ1) is 7.15. The van der Waals surface area contributed by atoms with E-state index in [0.717, 1.165) is 12.8 Å². The van der Waals surface area contributed by atoms with Gasteiger partial charge >= 0.3 is 0 Å². The normalized spacial score (nSPS) is 19.4. The van der Waals surface area contributed by atoms with Crippen molar-refractivity contribution in [3.05, 3.63) is 29.3 Å². The van der Waals surface area contributed by atoms with Crippen molar-refractivity contribution < 1.29 is 0 Å². The predicted octanol–water partition coefficient (Wildman–Crippen LogP) is 3.44. The van der Waals surface area contributed by atoms with Crippen LogP contribution < -0.4 is 5.73 Å². The van der Waals surface area contributed by atoms with Gasteiger partial charge in [0.2, 0.25) is 0 Å². The molecule has 0 atom stereocenters. The molecule has 1 saturated carbocycles. The van der Waals surface area contributed by atoms with Crippen molar-refractivity contribution in [3.8, 4) is 0 Å². The maximum Gasteiger partial charge on any atom is 0.0410 e. The zero-order valence-electron chi connectivity index (χ0n) is 9.55. The molecule has 0 amide bonds. The Morgan fingerprint density at radius 1 is 1.27 bits per heavy atom. The molecule has 15 heavy (non-hydrogen) atoms. The summed E-state index contributed by atoms with van der Waals surface area (Å²) < 4.78 is 0. The fourth-order valence-corrected chi connectivity index (χ4v) is 3.06. The highest BCUT2D eigenvalue weighted by Crippen LogP contribution is 2.37. The van der Waals surface area contributed by atoms with E-state index in [2.05, 4.69) is 31.4 Å². The van der Waals surface area contributed by atoms with Crippen LogP contribution in [0.4, 0.5) is 0 Å². The van der Waals surface area contributed by atoms with Crippen molar-refractivity contribution >= 4 is 11.8 Å². The first kappa shape index (κ1) is 11.0. The van der Waals surface area contributed by atoms with Gasteiger partial charge in [0.05, 0.1) is 0 Å². The van der Waals surface area contributed by atoms with E-state index in [4.69, 9.17) is 5.73 Å². The first-order valence-corrected chi connectivity index (χ1v) is 6.82. The Labute approximate surface area is 96.4 Å². The van der Waals surface area contributed by atoms with Crippen molar-refractivity contribution in [1.82, 2.24) is 0 Å². The Balaban J connectivity index is 2.36. The Kier molecular flexibility index (Phi) is 3.08. The lowest BCUT2D eigenvalue weighted by atomic mass is 9.89. The number of rotatable bonds is 2. The summed E-state index contributed by atoms with van der Waals surface area (Å²) in [6.45, 7) is 2.16. The summed E-state index contributed by atoms with van der Waals surface area (Å²) in [5, 5.41) is 0. The molecule has 2 N–H and O–H groups in total. The van der Waals surface area contributed by atoms with Crippen LogP contribution in [0.1, 0.15) is 36.8 Å². The Bertz CT molecular complexity index is 354. The van der Waals surface area contributed by atoms with E-state index in [9.17, 15) is 0 Å². The zero-order valence-corrected chi connectivity index (χ0v) is 10.4. The molecule has 1 aliphatic carbocycles. The SMILES string of the molecule is CSc1cc(C2(N)CCCC2)ccc1C. The van der Waals surface area contributed by atoms with Crippen molar-refractivity contribution in [3.63, 3.8) is 0 Å². The van der Waals surface area contributed by atoms with E-state index in [1.807, 2.05) is 11.8 Å². The van der Waals surface area contributed by atoms with Gasteiger partial charge in [-0.25, -0.2) is 0 Å². The van der Waals surface area contributed by atoms with Crippen molar-refractivity contribution in [2.24, 2.45) is 5.73 Å². The van der Waals surface area contributed by atoms with Gasteiger partial charge in [0.15, 0.2) is 0 Å². The highest BCUT2D eigenvalue weighted by Gasteiger charge is 2.31. The largest absolute Gasteiger partial charge is 0.321 e. The summed E-state index contributed by atoms with van der Waals surface area (Å²) in [4.78, 5) is 1.37. The van der Waals surface area contributed by atoms with E-state index in [0.29, 0.717) is 0 Å². The summed E-state index contributed by atoms with van der Waals surface area (Å²) in [6.07, 6.45) is 6.97. The van der Waals surface area contributed by atoms with Crippen LogP contribution in [0.25, 0.3) is 0 Å². The van der Waals surface area contributed by atoms with E-state index in [1.165, 1.54) is 28.9 Å². The lowest BCUT2D eigenvalue weighted by Gasteiger charge is -2.25. The van der Waals surface area contributed by atoms with Gasteiger partial charge in [0.1, 0.15) is 0 Å². The van der Waals surface area contributed by atoms with Gasteiger partial charge in [-0.1, -0.05) is 25.0 Å². The minimum Gasteiger partial charge on any atom is -0.321 e. The first-order valence-electron chi connectivity index (χ1n) is 5.60. The molecule has 1 aromatic rings. The monoisotopic (exact) mass is 221 g/mol. The van der Waals surface area contributed by atoms with Gasteiger partial charge in [-0.15, -0.1) is 11.8 Å². The predicted molar refractivity (Wildman–Crippen MR) is 67.3 cm³/mol. The summed E-state index contributed by atoms with van der Waals surface area (Å²) >= 11 is 1.81. The number of benzene rings is 1. The third kappa shape index (κ3) is 2.06. The molecular weight excluding hydrogens is 202 g/mol. The van der Waals surface area contributed by atoms with E-state index < -0.39 is 0 Å². The summed E-state index contributed by atoms with van der Waals surface area (Å²) in [5.41, 5.74) is 9.08. The average Bonchev–Trinajstić information content (AvgIpc) is 2.67. The zero-order chi connectivity index (χ0) is 10.9. The number of hydrogen-bond donors (Lipinski definition) is 1. The summed E-state index contributed by atoms with van der Waals surface area (Å²) in [7, 11) is 0. The second-order valence-electron chi connectivity index (χ2n) is 4.55. The molecule has 0 aliphatic heterocycles. The van der Waals surface area contributed by atoms with Gasteiger partial charge in [-0.05, 0) is 43.2 Å². The summed E-state index contributed by atoms with van der Waals surface area (Å²) in [5.74, 6) is 0. The van der Waals surface area contributed by atoms with Gasteiger partial charge in [-0.2, -0.15) is 0 Å². The molecule has 0 saturated heterocycles. The van der Waals surface area contributed by atoms with Crippen molar-refractivity contribution in [2.75, 3.05) is 6.26 Å². The van der Waals surface area contributed by atoms with E-state index in [-0.39, 0.29) is 5.54 Å². The summed E-state index contributed by atoms with van der Waals surface area (Å²) in [6, 6.07) is 6.69. The Hall–Kier alpha value is -0.470. The van der Waals surface area contributed by atoms with Crippen LogP contribution in [0.5, 0.6) is 0 Å². The van der Waals surface area contributed by atoms with Crippen molar-refractivity contribution in [2.45, 2.75) is 43.0 Å².